The Balaban J connectivity index is 2.07. The molecular formula is C14H24N2O. The van der Waals surface area contributed by atoms with Gasteiger partial charge in [0.05, 0.1) is 12.3 Å². The fourth-order valence-corrected chi connectivity index (χ4v) is 2.75. The number of furan rings is 1. The molecule has 96 valence electrons. The van der Waals surface area contributed by atoms with Crippen LogP contribution < -0.4 is 5.32 Å². The lowest BCUT2D eigenvalue weighted by atomic mass is 9.89. The van der Waals surface area contributed by atoms with Crippen molar-refractivity contribution in [1.29, 1.82) is 0 Å². The molecule has 1 unspecified atom stereocenters. The van der Waals surface area contributed by atoms with Crippen LogP contribution in [0.25, 0.3) is 0 Å². The minimum absolute atomic E-state index is 0.291. The Morgan fingerprint density at radius 3 is 2.82 bits per heavy atom. The lowest BCUT2D eigenvalue weighted by molar-refractivity contribution is 0.0833. The molecule has 1 aromatic rings. The first kappa shape index (κ1) is 12.7. The molecular weight excluding hydrogens is 212 g/mol. The van der Waals surface area contributed by atoms with Crippen LogP contribution in [-0.2, 0) is 0 Å². The number of rotatable bonds is 4. The zero-order valence-corrected chi connectivity index (χ0v) is 11.2. The monoisotopic (exact) mass is 236 g/mol. The van der Waals surface area contributed by atoms with Crippen LogP contribution in [0.2, 0.25) is 0 Å². The summed E-state index contributed by atoms with van der Waals surface area (Å²) in [5.74, 6) is 1.08. The standard InChI is InChI=1S/C14H24N2O/c1-4-14(5-2)11-16(9-8-15-14)12(3)13-7-6-10-17-13/h6-7,10,12,15H,4-5,8-9,11H2,1-3H3. The van der Waals surface area contributed by atoms with Crippen LogP contribution in [-0.4, -0.2) is 30.1 Å². The first-order chi connectivity index (χ1) is 8.21. The third-order valence-electron chi connectivity index (χ3n) is 4.26. The quantitative estimate of drug-likeness (QED) is 0.871. The van der Waals surface area contributed by atoms with Gasteiger partial charge in [0.2, 0.25) is 0 Å². The van der Waals surface area contributed by atoms with Crippen molar-refractivity contribution in [3.63, 3.8) is 0 Å². The van der Waals surface area contributed by atoms with Crippen molar-refractivity contribution in [3.8, 4) is 0 Å². The van der Waals surface area contributed by atoms with Gasteiger partial charge in [-0.3, -0.25) is 4.90 Å². The van der Waals surface area contributed by atoms with E-state index in [2.05, 4.69) is 37.1 Å². The summed E-state index contributed by atoms with van der Waals surface area (Å²) >= 11 is 0. The van der Waals surface area contributed by atoms with Crippen LogP contribution in [0, 0.1) is 0 Å². The van der Waals surface area contributed by atoms with Gasteiger partial charge in [0.25, 0.3) is 0 Å². The van der Waals surface area contributed by atoms with E-state index in [-0.39, 0.29) is 0 Å². The lowest BCUT2D eigenvalue weighted by Crippen LogP contribution is -2.60. The van der Waals surface area contributed by atoms with Gasteiger partial charge < -0.3 is 9.73 Å². The summed E-state index contributed by atoms with van der Waals surface area (Å²) in [6.07, 6.45) is 4.14. The molecule has 0 bridgehead atoms. The molecule has 0 radical (unpaired) electrons. The number of hydrogen-bond acceptors (Lipinski definition) is 3. The summed E-state index contributed by atoms with van der Waals surface area (Å²) in [7, 11) is 0. The molecule has 3 nitrogen and oxygen atoms in total. The molecule has 1 aliphatic rings. The predicted molar refractivity (Wildman–Crippen MR) is 70.0 cm³/mol. The van der Waals surface area contributed by atoms with Gasteiger partial charge in [0, 0.05) is 25.2 Å². The van der Waals surface area contributed by atoms with E-state index in [9.17, 15) is 0 Å². The largest absolute Gasteiger partial charge is 0.468 e. The van der Waals surface area contributed by atoms with Crippen molar-refractivity contribution in [2.24, 2.45) is 0 Å². The van der Waals surface area contributed by atoms with E-state index in [1.165, 1.54) is 12.8 Å². The SMILES string of the molecule is CCC1(CC)CN(C(C)c2ccco2)CCN1. The zero-order chi connectivity index (χ0) is 12.3. The van der Waals surface area contributed by atoms with Crippen LogP contribution >= 0.6 is 0 Å². The molecule has 1 aromatic heterocycles. The van der Waals surface area contributed by atoms with Gasteiger partial charge in [-0.2, -0.15) is 0 Å². The van der Waals surface area contributed by atoms with E-state index in [0.29, 0.717) is 11.6 Å². The van der Waals surface area contributed by atoms with Crippen LogP contribution in [0.4, 0.5) is 0 Å². The second kappa shape index (κ2) is 5.23. The van der Waals surface area contributed by atoms with E-state index in [0.717, 1.165) is 25.4 Å². The van der Waals surface area contributed by atoms with Gasteiger partial charge in [-0.15, -0.1) is 0 Å². The lowest BCUT2D eigenvalue weighted by Gasteiger charge is -2.45. The highest BCUT2D eigenvalue weighted by molar-refractivity contribution is 5.05. The van der Waals surface area contributed by atoms with Crippen molar-refractivity contribution in [1.82, 2.24) is 10.2 Å². The van der Waals surface area contributed by atoms with Gasteiger partial charge in [0.15, 0.2) is 0 Å². The van der Waals surface area contributed by atoms with Gasteiger partial charge in [-0.25, -0.2) is 0 Å². The van der Waals surface area contributed by atoms with Gasteiger partial charge in [0.1, 0.15) is 5.76 Å². The summed E-state index contributed by atoms with van der Waals surface area (Å²) in [5.41, 5.74) is 0.291. The summed E-state index contributed by atoms with van der Waals surface area (Å²) in [6, 6.07) is 4.43. The Labute approximate surface area is 104 Å². The van der Waals surface area contributed by atoms with E-state index in [1.54, 1.807) is 6.26 Å². The molecule has 1 fully saturated rings. The highest BCUT2D eigenvalue weighted by Crippen LogP contribution is 2.27. The molecule has 3 heteroatoms. The van der Waals surface area contributed by atoms with E-state index < -0.39 is 0 Å². The molecule has 0 aliphatic carbocycles. The summed E-state index contributed by atoms with van der Waals surface area (Å²) < 4.78 is 5.52. The summed E-state index contributed by atoms with van der Waals surface area (Å²) in [6.45, 7) is 10.1. The fourth-order valence-electron chi connectivity index (χ4n) is 2.75. The third-order valence-corrected chi connectivity index (χ3v) is 4.26. The molecule has 0 aromatic carbocycles. The first-order valence-electron chi connectivity index (χ1n) is 6.73. The number of piperazine rings is 1. The van der Waals surface area contributed by atoms with Gasteiger partial charge >= 0.3 is 0 Å². The number of nitrogens with one attached hydrogen (secondary N) is 1. The van der Waals surface area contributed by atoms with Crippen LogP contribution in [0.15, 0.2) is 22.8 Å². The minimum atomic E-state index is 0.291. The fraction of sp³-hybridized carbons (Fsp3) is 0.714. The molecule has 2 rings (SSSR count). The Bertz CT molecular complexity index is 330. The molecule has 0 amide bonds. The van der Waals surface area contributed by atoms with Crippen molar-refractivity contribution in [2.75, 3.05) is 19.6 Å². The summed E-state index contributed by atoms with van der Waals surface area (Å²) in [5, 5.41) is 3.69. The maximum absolute atomic E-state index is 5.52. The smallest absolute Gasteiger partial charge is 0.120 e. The Kier molecular flexibility index (Phi) is 3.89. The topological polar surface area (TPSA) is 28.4 Å². The second-order valence-electron chi connectivity index (χ2n) is 5.08. The second-order valence-corrected chi connectivity index (χ2v) is 5.08. The maximum atomic E-state index is 5.52. The Hall–Kier alpha value is -0.800. The van der Waals surface area contributed by atoms with Crippen LogP contribution in [0.5, 0.6) is 0 Å². The van der Waals surface area contributed by atoms with E-state index >= 15 is 0 Å². The maximum Gasteiger partial charge on any atom is 0.120 e. The number of nitrogens with zero attached hydrogens (tertiary/aromatic N) is 1. The van der Waals surface area contributed by atoms with E-state index in [1.807, 2.05) is 6.07 Å². The zero-order valence-electron chi connectivity index (χ0n) is 11.2. The minimum Gasteiger partial charge on any atom is -0.468 e. The van der Waals surface area contributed by atoms with Crippen molar-refractivity contribution < 1.29 is 4.42 Å². The Morgan fingerprint density at radius 2 is 2.24 bits per heavy atom. The third kappa shape index (κ3) is 2.55. The number of hydrogen-bond donors (Lipinski definition) is 1. The molecule has 17 heavy (non-hydrogen) atoms. The normalized spacial score (nSPS) is 22.5. The average Bonchev–Trinajstić information content (AvgIpc) is 2.91. The molecule has 0 saturated carbocycles. The predicted octanol–water partition coefficient (Wildman–Crippen LogP) is 2.80. The van der Waals surface area contributed by atoms with Crippen LogP contribution in [0.1, 0.15) is 45.4 Å². The van der Waals surface area contributed by atoms with Crippen LogP contribution in [0.3, 0.4) is 0 Å². The van der Waals surface area contributed by atoms with Crippen molar-refractivity contribution >= 4 is 0 Å². The molecule has 1 aliphatic heterocycles. The molecule has 0 spiro atoms. The van der Waals surface area contributed by atoms with Gasteiger partial charge in [-0.1, -0.05) is 13.8 Å². The van der Waals surface area contributed by atoms with E-state index in [4.69, 9.17) is 4.42 Å². The summed E-state index contributed by atoms with van der Waals surface area (Å²) in [4.78, 5) is 2.53. The molecule has 1 saturated heterocycles. The molecule has 1 N–H and O–H groups in total. The van der Waals surface area contributed by atoms with Crippen molar-refractivity contribution in [2.45, 2.75) is 45.2 Å². The van der Waals surface area contributed by atoms with Gasteiger partial charge in [-0.05, 0) is 31.9 Å². The highest BCUT2D eigenvalue weighted by atomic mass is 16.3. The Morgan fingerprint density at radius 1 is 1.47 bits per heavy atom. The molecule has 2 heterocycles. The highest BCUT2D eigenvalue weighted by Gasteiger charge is 2.34. The first-order valence-corrected chi connectivity index (χ1v) is 6.73. The molecule has 1 atom stereocenters. The average molecular weight is 236 g/mol. The van der Waals surface area contributed by atoms with Crippen molar-refractivity contribution in [3.05, 3.63) is 24.2 Å².